The Balaban J connectivity index is 2.91. The van der Waals surface area contributed by atoms with Gasteiger partial charge in [0, 0.05) is 12.5 Å². The molecular formula is C7H9O2P. The van der Waals surface area contributed by atoms with Gasteiger partial charge in [-0.15, -0.1) is 6.42 Å². The van der Waals surface area contributed by atoms with Gasteiger partial charge < -0.3 is 4.52 Å². The lowest BCUT2D eigenvalue weighted by Gasteiger charge is -2.04. The topological polar surface area (TPSA) is 26.3 Å². The Hall–Kier alpha value is -0.510. The fraction of sp³-hybridized carbons (Fsp3) is 0.429. The highest BCUT2D eigenvalue weighted by Gasteiger charge is 2.27. The summed E-state index contributed by atoms with van der Waals surface area (Å²) in [5, 5.41) is 0. The van der Waals surface area contributed by atoms with Gasteiger partial charge in [-0.25, -0.2) is 0 Å². The highest BCUT2D eigenvalue weighted by atomic mass is 31.2. The first-order valence-electron chi connectivity index (χ1n) is 2.96. The third-order valence-electron chi connectivity index (χ3n) is 1.32. The van der Waals surface area contributed by atoms with Gasteiger partial charge in [0.05, 0.1) is 0 Å². The number of terminal acetylenes is 1. The summed E-state index contributed by atoms with van der Waals surface area (Å²) in [5.41, 5.74) is 0.883. The minimum atomic E-state index is -2.48. The maximum atomic E-state index is 11.2. The molecule has 54 valence electrons. The van der Waals surface area contributed by atoms with E-state index in [4.69, 9.17) is 10.9 Å². The first-order chi connectivity index (χ1) is 4.55. The zero-order valence-corrected chi connectivity index (χ0v) is 6.89. The van der Waals surface area contributed by atoms with Crippen LogP contribution in [0.1, 0.15) is 6.92 Å². The lowest BCUT2D eigenvalue weighted by molar-refractivity contribution is 0.313. The summed E-state index contributed by atoms with van der Waals surface area (Å²) < 4.78 is 16.2. The summed E-state index contributed by atoms with van der Waals surface area (Å²) in [5.74, 6) is 4.03. The van der Waals surface area contributed by atoms with Crippen LogP contribution in [0.3, 0.4) is 0 Å². The minimum absolute atomic E-state index is 0.365. The molecule has 0 aliphatic carbocycles. The molecule has 3 heteroatoms. The molecule has 0 fully saturated rings. The van der Waals surface area contributed by atoms with Crippen molar-refractivity contribution >= 4 is 7.37 Å². The molecule has 2 atom stereocenters. The van der Waals surface area contributed by atoms with E-state index >= 15 is 0 Å². The van der Waals surface area contributed by atoms with E-state index in [0.29, 0.717) is 0 Å². The SMILES string of the molecule is C#CC1OP(C)(=O)C=C1C. The third-order valence-corrected chi connectivity index (χ3v) is 2.82. The molecule has 0 saturated heterocycles. The Labute approximate surface area is 60.7 Å². The van der Waals surface area contributed by atoms with Crippen molar-refractivity contribution in [3.05, 3.63) is 11.4 Å². The van der Waals surface area contributed by atoms with Crippen molar-refractivity contribution in [2.24, 2.45) is 0 Å². The molecule has 0 N–H and O–H groups in total. The van der Waals surface area contributed by atoms with Gasteiger partial charge >= 0.3 is 0 Å². The van der Waals surface area contributed by atoms with Crippen molar-refractivity contribution in [1.82, 2.24) is 0 Å². The Morgan fingerprint density at radius 3 is 2.70 bits per heavy atom. The summed E-state index contributed by atoms with van der Waals surface area (Å²) in [7, 11) is -2.48. The van der Waals surface area contributed by atoms with Crippen LogP contribution in [-0.4, -0.2) is 12.8 Å². The summed E-state index contributed by atoms with van der Waals surface area (Å²) >= 11 is 0. The fourth-order valence-electron chi connectivity index (χ4n) is 0.922. The van der Waals surface area contributed by atoms with Crippen LogP contribution in [0.2, 0.25) is 0 Å². The van der Waals surface area contributed by atoms with Crippen LogP contribution in [0, 0.1) is 12.3 Å². The quantitative estimate of drug-likeness (QED) is 0.395. The van der Waals surface area contributed by atoms with Crippen molar-refractivity contribution in [1.29, 1.82) is 0 Å². The second kappa shape index (κ2) is 2.27. The van der Waals surface area contributed by atoms with Crippen molar-refractivity contribution < 1.29 is 9.09 Å². The largest absolute Gasteiger partial charge is 0.305 e. The Kier molecular flexibility index (Phi) is 1.72. The molecule has 0 aromatic heterocycles. The first-order valence-corrected chi connectivity index (χ1v) is 5.10. The maximum absolute atomic E-state index is 11.2. The molecule has 0 saturated carbocycles. The predicted molar refractivity (Wildman–Crippen MR) is 41.0 cm³/mol. The summed E-state index contributed by atoms with van der Waals surface area (Å²) in [6.45, 7) is 3.39. The second-order valence-electron chi connectivity index (χ2n) is 2.43. The van der Waals surface area contributed by atoms with Crippen LogP contribution in [0.15, 0.2) is 11.4 Å². The van der Waals surface area contributed by atoms with E-state index in [2.05, 4.69) is 5.92 Å². The fourth-order valence-corrected chi connectivity index (χ4v) is 2.50. The van der Waals surface area contributed by atoms with Gasteiger partial charge in [0.25, 0.3) is 0 Å². The molecule has 1 heterocycles. The van der Waals surface area contributed by atoms with Crippen LogP contribution in [-0.2, 0) is 9.09 Å². The number of hydrogen-bond acceptors (Lipinski definition) is 2. The van der Waals surface area contributed by atoms with Gasteiger partial charge in [0.1, 0.15) is 6.10 Å². The van der Waals surface area contributed by atoms with Crippen LogP contribution in [0.25, 0.3) is 0 Å². The van der Waals surface area contributed by atoms with E-state index < -0.39 is 7.37 Å². The lowest BCUT2D eigenvalue weighted by atomic mass is 10.2. The monoisotopic (exact) mass is 156 g/mol. The van der Waals surface area contributed by atoms with Crippen molar-refractivity contribution in [2.45, 2.75) is 13.0 Å². The molecular weight excluding hydrogens is 147 g/mol. The molecule has 0 aromatic rings. The van der Waals surface area contributed by atoms with Crippen LogP contribution >= 0.6 is 7.37 Å². The maximum Gasteiger partial charge on any atom is 0.223 e. The average Bonchev–Trinajstić information content (AvgIpc) is 2.05. The highest BCUT2D eigenvalue weighted by Crippen LogP contribution is 2.52. The molecule has 2 nitrogen and oxygen atoms in total. The molecule has 1 aliphatic heterocycles. The smallest absolute Gasteiger partial charge is 0.223 e. The van der Waals surface area contributed by atoms with Crippen LogP contribution in [0.5, 0.6) is 0 Å². The van der Waals surface area contributed by atoms with Gasteiger partial charge in [0.15, 0.2) is 0 Å². The van der Waals surface area contributed by atoms with Gasteiger partial charge in [-0.1, -0.05) is 5.92 Å². The first kappa shape index (κ1) is 7.60. The van der Waals surface area contributed by atoms with E-state index in [1.54, 1.807) is 12.5 Å². The molecule has 10 heavy (non-hydrogen) atoms. The number of rotatable bonds is 0. The van der Waals surface area contributed by atoms with Gasteiger partial charge in [0.2, 0.25) is 7.37 Å². The van der Waals surface area contributed by atoms with E-state index in [9.17, 15) is 4.57 Å². The van der Waals surface area contributed by atoms with Crippen LogP contribution in [0.4, 0.5) is 0 Å². The molecule has 1 aliphatic rings. The molecule has 0 aromatic carbocycles. The van der Waals surface area contributed by atoms with Crippen molar-refractivity contribution in [3.63, 3.8) is 0 Å². The average molecular weight is 156 g/mol. The standard InChI is InChI=1S/C7H9O2P/c1-4-7-6(2)5-10(3,8)9-7/h1,5,7H,2-3H3. The molecule has 1 rings (SSSR count). The Bertz CT molecular complexity index is 259. The zero-order valence-electron chi connectivity index (χ0n) is 6.00. The number of hydrogen-bond donors (Lipinski definition) is 0. The van der Waals surface area contributed by atoms with Crippen molar-refractivity contribution in [3.8, 4) is 12.3 Å². The predicted octanol–water partition coefficient (Wildman–Crippen LogP) is 1.83. The molecule has 0 radical (unpaired) electrons. The van der Waals surface area contributed by atoms with E-state index in [0.717, 1.165) is 5.57 Å². The van der Waals surface area contributed by atoms with Gasteiger partial charge in [-0.05, 0) is 12.5 Å². The molecule has 2 unspecified atom stereocenters. The van der Waals surface area contributed by atoms with E-state index in [1.807, 2.05) is 6.92 Å². The molecule has 0 spiro atoms. The zero-order chi connectivity index (χ0) is 7.78. The van der Waals surface area contributed by atoms with E-state index in [-0.39, 0.29) is 6.10 Å². The normalized spacial score (nSPS) is 38.9. The molecule has 0 amide bonds. The minimum Gasteiger partial charge on any atom is -0.305 e. The summed E-state index contributed by atoms with van der Waals surface area (Å²) in [6.07, 6.45) is 4.74. The summed E-state index contributed by atoms with van der Waals surface area (Å²) in [4.78, 5) is 0. The Morgan fingerprint density at radius 2 is 2.50 bits per heavy atom. The van der Waals surface area contributed by atoms with Crippen molar-refractivity contribution in [2.75, 3.05) is 6.66 Å². The Morgan fingerprint density at radius 1 is 1.90 bits per heavy atom. The lowest BCUT2D eigenvalue weighted by Crippen LogP contribution is -2.02. The molecule has 0 bridgehead atoms. The summed E-state index contributed by atoms with van der Waals surface area (Å²) in [6, 6.07) is 0. The van der Waals surface area contributed by atoms with Gasteiger partial charge in [-0.2, -0.15) is 0 Å². The highest BCUT2D eigenvalue weighted by molar-refractivity contribution is 7.61. The second-order valence-corrected chi connectivity index (χ2v) is 4.72. The van der Waals surface area contributed by atoms with Gasteiger partial charge in [-0.3, -0.25) is 4.57 Å². The van der Waals surface area contributed by atoms with Crippen LogP contribution < -0.4 is 0 Å². The third kappa shape index (κ3) is 1.31. The van der Waals surface area contributed by atoms with E-state index in [1.165, 1.54) is 0 Å².